The summed E-state index contributed by atoms with van der Waals surface area (Å²) in [6.07, 6.45) is 0.931. The molecule has 0 aliphatic heterocycles. The lowest BCUT2D eigenvalue weighted by molar-refractivity contribution is 0.102. The third kappa shape index (κ3) is 5.82. The van der Waals surface area contributed by atoms with Gasteiger partial charge in [0.15, 0.2) is 0 Å². The summed E-state index contributed by atoms with van der Waals surface area (Å²) < 4.78 is 5.30. The summed E-state index contributed by atoms with van der Waals surface area (Å²) in [6, 6.07) is 5.59. The van der Waals surface area contributed by atoms with Gasteiger partial charge in [-0.3, -0.25) is 0 Å². The highest BCUT2D eigenvalue weighted by molar-refractivity contribution is 5.85. The first-order valence-electron chi connectivity index (χ1n) is 5.53. The zero-order valence-electron chi connectivity index (χ0n) is 10.5. The van der Waals surface area contributed by atoms with Crippen LogP contribution in [0.2, 0.25) is 0 Å². The fourth-order valence-electron chi connectivity index (χ4n) is 1.20. The van der Waals surface area contributed by atoms with Gasteiger partial charge in [0.1, 0.15) is 24.3 Å². The summed E-state index contributed by atoms with van der Waals surface area (Å²) in [4.78, 5) is 3.94. The van der Waals surface area contributed by atoms with Crippen molar-refractivity contribution in [3.63, 3.8) is 0 Å². The van der Waals surface area contributed by atoms with Crippen molar-refractivity contribution in [3.8, 4) is 11.9 Å². The summed E-state index contributed by atoms with van der Waals surface area (Å²) >= 11 is 0. The molecule has 1 rings (SSSR count). The highest BCUT2D eigenvalue weighted by atomic mass is 35.5. The maximum Gasteiger partial charge on any atom is 0.231 e. The standard InChI is InChI=1S/C12H17N3O2.ClH/c1-9(2)15-7-11(16)8-17-12-10(6-13)4-3-5-14-12;/h3-5,9,11,15-16H,7-8H2,1-2H3;1H/t11-;/m0./s1. The minimum Gasteiger partial charge on any atom is -0.474 e. The van der Waals surface area contributed by atoms with Crippen molar-refractivity contribution in [2.45, 2.75) is 26.0 Å². The Kier molecular flexibility index (Phi) is 8.05. The summed E-state index contributed by atoms with van der Waals surface area (Å²) in [5, 5.41) is 21.5. The molecule has 18 heavy (non-hydrogen) atoms. The van der Waals surface area contributed by atoms with Crippen molar-refractivity contribution in [3.05, 3.63) is 23.9 Å². The normalized spacial score (nSPS) is 11.5. The average Bonchev–Trinajstić information content (AvgIpc) is 2.34. The van der Waals surface area contributed by atoms with E-state index in [1.165, 1.54) is 0 Å². The predicted molar refractivity (Wildman–Crippen MR) is 70.8 cm³/mol. The maximum absolute atomic E-state index is 9.62. The van der Waals surface area contributed by atoms with Crippen LogP contribution >= 0.6 is 12.4 Å². The van der Waals surface area contributed by atoms with Crippen LogP contribution < -0.4 is 10.1 Å². The quantitative estimate of drug-likeness (QED) is 0.810. The van der Waals surface area contributed by atoms with E-state index in [1.54, 1.807) is 18.3 Å². The van der Waals surface area contributed by atoms with Gasteiger partial charge < -0.3 is 15.2 Å². The molecule has 1 atom stereocenters. The van der Waals surface area contributed by atoms with Crippen molar-refractivity contribution in [1.29, 1.82) is 5.26 Å². The second-order valence-corrected chi connectivity index (χ2v) is 4.00. The number of nitriles is 1. The lowest BCUT2D eigenvalue weighted by atomic mass is 10.3. The minimum atomic E-state index is -0.619. The zero-order chi connectivity index (χ0) is 12.7. The second-order valence-electron chi connectivity index (χ2n) is 4.00. The highest BCUT2D eigenvalue weighted by Crippen LogP contribution is 2.12. The number of ether oxygens (including phenoxy) is 1. The summed E-state index contributed by atoms with van der Waals surface area (Å²) in [7, 11) is 0. The Balaban J connectivity index is 0.00000289. The largest absolute Gasteiger partial charge is 0.474 e. The van der Waals surface area contributed by atoms with Gasteiger partial charge in [-0.25, -0.2) is 4.98 Å². The summed E-state index contributed by atoms with van der Waals surface area (Å²) in [6.45, 7) is 4.57. The number of aromatic nitrogens is 1. The number of pyridine rings is 1. The number of nitrogens with zero attached hydrogens (tertiary/aromatic N) is 2. The molecule has 6 heteroatoms. The van der Waals surface area contributed by atoms with E-state index in [1.807, 2.05) is 19.9 Å². The van der Waals surface area contributed by atoms with Crippen LogP contribution in [0.4, 0.5) is 0 Å². The van der Waals surface area contributed by atoms with E-state index < -0.39 is 6.10 Å². The van der Waals surface area contributed by atoms with E-state index in [0.29, 0.717) is 18.2 Å². The van der Waals surface area contributed by atoms with Gasteiger partial charge in [0.05, 0.1) is 0 Å². The molecule has 0 aliphatic carbocycles. The van der Waals surface area contributed by atoms with Gasteiger partial charge in [0.25, 0.3) is 0 Å². The van der Waals surface area contributed by atoms with Gasteiger partial charge in [-0.15, -0.1) is 12.4 Å². The monoisotopic (exact) mass is 271 g/mol. The Morgan fingerprint density at radius 2 is 2.28 bits per heavy atom. The molecule has 0 saturated heterocycles. The molecule has 0 aliphatic rings. The smallest absolute Gasteiger partial charge is 0.231 e. The van der Waals surface area contributed by atoms with Crippen LogP contribution in [0.3, 0.4) is 0 Å². The second kappa shape index (κ2) is 8.70. The zero-order valence-corrected chi connectivity index (χ0v) is 11.3. The third-order valence-corrected chi connectivity index (χ3v) is 2.07. The number of hydrogen-bond donors (Lipinski definition) is 2. The molecule has 0 fully saturated rings. The number of nitrogens with one attached hydrogen (secondary N) is 1. The first-order valence-corrected chi connectivity index (χ1v) is 5.53. The topological polar surface area (TPSA) is 78.2 Å². The Hall–Kier alpha value is -1.35. The van der Waals surface area contributed by atoms with Gasteiger partial charge in [0.2, 0.25) is 5.88 Å². The van der Waals surface area contributed by atoms with Gasteiger partial charge >= 0.3 is 0 Å². The van der Waals surface area contributed by atoms with E-state index in [4.69, 9.17) is 10.00 Å². The van der Waals surface area contributed by atoms with Crippen molar-refractivity contribution in [1.82, 2.24) is 10.3 Å². The van der Waals surface area contributed by atoms with E-state index in [2.05, 4.69) is 10.3 Å². The lowest BCUT2D eigenvalue weighted by Gasteiger charge is -2.14. The molecule has 0 bridgehead atoms. The van der Waals surface area contributed by atoms with Crippen molar-refractivity contribution < 1.29 is 9.84 Å². The van der Waals surface area contributed by atoms with Crippen LogP contribution in [-0.2, 0) is 0 Å². The molecular weight excluding hydrogens is 254 g/mol. The van der Waals surface area contributed by atoms with Crippen LogP contribution in [-0.4, -0.2) is 35.4 Å². The fourth-order valence-corrected chi connectivity index (χ4v) is 1.20. The molecule has 1 heterocycles. The van der Waals surface area contributed by atoms with Gasteiger partial charge in [-0.1, -0.05) is 13.8 Å². The van der Waals surface area contributed by atoms with Crippen molar-refractivity contribution in [2.75, 3.05) is 13.2 Å². The first kappa shape index (κ1) is 16.6. The maximum atomic E-state index is 9.62. The van der Waals surface area contributed by atoms with Crippen LogP contribution in [0.5, 0.6) is 5.88 Å². The summed E-state index contributed by atoms with van der Waals surface area (Å²) in [5.41, 5.74) is 0.372. The third-order valence-electron chi connectivity index (χ3n) is 2.07. The number of aliphatic hydroxyl groups is 1. The SMILES string of the molecule is CC(C)NC[C@H](O)COc1ncccc1C#N.Cl. The Bertz CT molecular complexity index is 393. The van der Waals surface area contributed by atoms with E-state index >= 15 is 0 Å². The molecule has 0 unspecified atom stereocenters. The van der Waals surface area contributed by atoms with Crippen LogP contribution in [0.25, 0.3) is 0 Å². The molecule has 1 aromatic rings. The highest BCUT2D eigenvalue weighted by Gasteiger charge is 2.08. The first-order chi connectivity index (χ1) is 8.13. The molecule has 0 radical (unpaired) electrons. The molecule has 0 spiro atoms. The lowest BCUT2D eigenvalue weighted by Crippen LogP contribution is -2.35. The van der Waals surface area contributed by atoms with Crippen LogP contribution in [0.15, 0.2) is 18.3 Å². The molecule has 5 nitrogen and oxygen atoms in total. The number of rotatable bonds is 6. The molecular formula is C12H18ClN3O2. The van der Waals surface area contributed by atoms with E-state index in [9.17, 15) is 5.11 Å². The number of halogens is 1. The van der Waals surface area contributed by atoms with Gasteiger partial charge in [0, 0.05) is 18.8 Å². The fraction of sp³-hybridized carbons (Fsp3) is 0.500. The van der Waals surface area contributed by atoms with E-state index in [0.717, 1.165) is 0 Å². The molecule has 1 aromatic heterocycles. The van der Waals surface area contributed by atoms with Gasteiger partial charge in [-0.2, -0.15) is 5.26 Å². The van der Waals surface area contributed by atoms with Crippen LogP contribution in [0.1, 0.15) is 19.4 Å². The van der Waals surface area contributed by atoms with Gasteiger partial charge in [-0.05, 0) is 12.1 Å². The van der Waals surface area contributed by atoms with Crippen LogP contribution in [0, 0.1) is 11.3 Å². The molecule has 100 valence electrons. The molecule has 0 amide bonds. The molecule has 0 aromatic carbocycles. The Morgan fingerprint density at radius 1 is 1.56 bits per heavy atom. The molecule has 2 N–H and O–H groups in total. The summed E-state index contributed by atoms with van der Waals surface area (Å²) in [5.74, 6) is 0.263. The Labute approximate surface area is 113 Å². The Morgan fingerprint density at radius 3 is 2.89 bits per heavy atom. The van der Waals surface area contributed by atoms with E-state index in [-0.39, 0.29) is 24.9 Å². The average molecular weight is 272 g/mol. The molecule has 0 saturated carbocycles. The number of aliphatic hydroxyl groups excluding tert-OH is 1. The van der Waals surface area contributed by atoms with Crippen molar-refractivity contribution in [2.24, 2.45) is 0 Å². The number of hydrogen-bond acceptors (Lipinski definition) is 5. The van der Waals surface area contributed by atoms with Crippen molar-refractivity contribution >= 4 is 12.4 Å². The minimum absolute atomic E-state index is 0. The predicted octanol–water partition coefficient (Wildman–Crippen LogP) is 1.11.